The van der Waals surface area contributed by atoms with E-state index in [1.54, 1.807) is 48.5 Å². The van der Waals surface area contributed by atoms with E-state index in [4.69, 9.17) is 29.4 Å². The predicted octanol–water partition coefficient (Wildman–Crippen LogP) is 0.848. The minimum Gasteiger partial charge on any atom is -0.624 e. The molecule has 0 spiro atoms. The smallest absolute Gasteiger partial charge is 0.624 e. The van der Waals surface area contributed by atoms with E-state index in [1.165, 1.54) is 0 Å². The van der Waals surface area contributed by atoms with Gasteiger partial charge in [-0.3, -0.25) is 9.59 Å². The summed E-state index contributed by atoms with van der Waals surface area (Å²) in [4.78, 5) is 27.5. The van der Waals surface area contributed by atoms with Crippen LogP contribution >= 0.6 is 0 Å². The SMILES string of the molecule is CCCO[S-].NCCOCCOCCOCCOCCOc1cccc(C(=O)Nc2cccc(C(=O)N3CCCCC3)c2)c1.[Cs+]. The molecule has 1 aliphatic heterocycles. The van der Waals surface area contributed by atoms with Crippen molar-refractivity contribution in [3.63, 3.8) is 0 Å². The minimum absolute atomic E-state index is 0. The van der Waals surface area contributed by atoms with E-state index in [9.17, 15) is 9.59 Å². The van der Waals surface area contributed by atoms with Crippen LogP contribution in [0.5, 0.6) is 5.75 Å². The summed E-state index contributed by atoms with van der Waals surface area (Å²) < 4.78 is 31.6. The number of hydrogen-bond donors (Lipinski definition) is 2. The predicted molar refractivity (Wildman–Crippen MR) is 172 cm³/mol. The fourth-order valence-electron chi connectivity index (χ4n) is 4.09. The third-order valence-corrected chi connectivity index (χ3v) is 6.44. The topological polar surface area (TPSA) is 131 Å². The van der Waals surface area contributed by atoms with Crippen molar-refractivity contribution in [1.82, 2.24) is 4.90 Å². The van der Waals surface area contributed by atoms with E-state index >= 15 is 0 Å². The third kappa shape index (κ3) is 19.7. The Labute approximate surface area is 332 Å². The van der Waals surface area contributed by atoms with Gasteiger partial charge in [-0.2, -0.15) is 0 Å². The van der Waals surface area contributed by atoms with Crippen LogP contribution in [-0.4, -0.2) is 102 Å². The normalized spacial score (nSPS) is 12.5. The minimum atomic E-state index is -0.275. The fraction of sp³-hybridized carbons (Fsp3) is 0.562. The first-order valence-electron chi connectivity index (χ1n) is 15.3. The molecule has 0 atom stereocenters. The number of amides is 2. The second-order valence-electron chi connectivity index (χ2n) is 9.82. The van der Waals surface area contributed by atoms with Crippen molar-refractivity contribution in [2.24, 2.45) is 5.73 Å². The molecule has 0 aliphatic carbocycles. The summed E-state index contributed by atoms with van der Waals surface area (Å²) in [5.41, 5.74) is 6.95. The summed E-state index contributed by atoms with van der Waals surface area (Å²) in [7, 11) is 0. The maximum atomic E-state index is 12.8. The summed E-state index contributed by atoms with van der Waals surface area (Å²) in [6.45, 7) is 9.04. The van der Waals surface area contributed by atoms with Crippen molar-refractivity contribution in [2.45, 2.75) is 32.6 Å². The zero-order valence-electron chi connectivity index (χ0n) is 26.8. The molecule has 45 heavy (non-hydrogen) atoms. The van der Waals surface area contributed by atoms with E-state index in [1.807, 2.05) is 11.8 Å². The first-order valence-corrected chi connectivity index (χ1v) is 15.6. The average molecular weight is 768 g/mol. The van der Waals surface area contributed by atoms with Gasteiger partial charge in [0.15, 0.2) is 0 Å². The van der Waals surface area contributed by atoms with E-state index in [0.717, 1.165) is 38.8 Å². The molecule has 2 aromatic carbocycles. The molecule has 3 rings (SSSR count). The summed E-state index contributed by atoms with van der Waals surface area (Å²) >= 11 is 4.15. The van der Waals surface area contributed by atoms with Crippen LogP contribution in [0.25, 0.3) is 0 Å². The van der Waals surface area contributed by atoms with Gasteiger partial charge in [-0.15, -0.1) is 0 Å². The average Bonchev–Trinajstić information content (AvgIpc) is 3.06. The number of carbonyl (C=O) groups is 2. The molecule has 0 bridgehead atoms. The number of nitrogens with one attached hydrogen (secondary N) is 1. The number of rotatable bonds is 20. The van der Waals surface area contributed by atoms with Crippen molar-refractivity contribution in [2.75, 3.05) is 91.0 Å². The van der Waals surface area contributed by atoms with Crippen molar-refractivity contribution in [3.8, 4) is 5.75 Å². The van der Waals surface area contributed by atoms with Crippen molar-refractivity contribution >= 4 is 30.4 Å². The number of nitrogens with zero attached hydrogens (tertiary/aromatic N) is 1. The van der Waals surface area contributed by atoms with Gasteiger partial charge in [-0.1, -0.05) is 19.1 Å². The van der Waals surface area contributed by atoms with Crippen LogP contribution in [0.2, 0.25) is 0 Å². The van der Waals surface area contributed by atoms with Crippen LogP contribution in [-0.2, 0) is 36.0 Å². The molecule has 0 unspecified atom stereocenters. The van der Waals surface area contributed by atoms with Crippen LogP contribution in [0.15, 0.2) is 48.5 Å². The maximum Gasteiger partial charge on any atom is 1.00 e. The Hall–Kier alpha value is -0.658. The zero-order valence-corrected chi connectivity index (χ0v) is 33.9. The fourth-order valence-corrected chi connectivity index (χ4v) is 4.25. The molecule has 13 heteroatoms. The Morgan fingerprint density at radius 3 is 1.93 bits per heavy atom. The number of hydrogen-bond acceptors (Lipinski definition) is 10. The van der Waals surface area contributed by atoms with Crippen LogP contribution in [0.3, 0.4) is 0 Å². The number of benzene rings is 2. The van der Waals surface area contributed by atoms with Crippen molar-refractivity contribution < 1.29 is 106 Å². The van der Waals surface area contributed by atoms with E-state index in [2.05, 4.69) is 22.4 Å². The summed E-state index contributed by atoms with van der Waals surface area (Å²) in [5, 5.41) is 2.88. The second-order valence-corrected chi connectivity index (χ2v) is 10.1. The van der Waals surface area contributed by atoms with Gasteiger partial charge in [-0.25, -0.2) is 0 Å². The summed E-state index contributed by atoms with van der Waals surface area (Å²) in [6, 6.07) is 14.0. The van der Waals surface area contributed by atoms with Gasteiger partial charge in [0.2, 0.25) is 0 Å². The van der Waals surface area contributed by atoms with E-state index in [-0.39, 0.29) is 80.7 Å². The molecule has 246 valence electrons. The van der Waals surface area contributed by atoms with Gasteiger partial charge >= 0.3 is 68.9 Å². The van der Waals surface area contributed by atoms with Crippen molar-refractivity contribution in [3.05, 3.63) is 59.7 Å². The van der Waals surface area contributed by atoms with Gasteiger partial charge in [0.1, 0.15) is 12.4 Å². The Bertz CT molecular complexity index is 1060. The summed E-state index contributed by atoms with van der Waals surface area (Å²) in [6.07, 6.45) is 4.24. The largest absolute Gasteiger partial charge is 1.00 e. The standard InChI is InChI=1S/C29H41N3O7.C3H8OS.Cs/c30-10-13-35-14-15-36-16-17-37-18-19-38-20-21-39-27-9-5-6-24(23-27)28(33)31-26-8-4-7-25(22-26)29(34)32-11-2-1-3-12-32;1-2-3-4-5;/h4-9,22-23H,1-3,10-21,30H2,(H,31,33);5H,2-3H2,1H3;/q;;+1/p-1. The van der Waals surface area contributed by atoms with Crippen molar-refractivity contribution in [1.29, 1.82) is 0 Å². The number of ether oxygens (including phenoxy) is 5. The van der Waals surface area contributed by atoms with Gasteiger partial charge < -0.3 is 56.7 Å². The molecule has 0 saturated carbocycles. The Morgan fingerprint density at radius 1 is 0.778 bits per heavy atom. The zero-order chi connectivity index (χ0) is 31.7. The number of carbonyl (C=O) groups excluding carboxylic acids is 2. The van der Waals surface area contributed by atoms with Crippen LogP contribution in [0.4, 0.5) is 5.69 Å². The molecule has 0 aromatic heterocycles. The molecular weight excluding hydrogens is 719 g/mol. The molecule has 1 fully saturated rings. The van der Waals surface area contributed by atoms with Crippen LogP contribution < -0.4 is 84.7 Å². The molecule has 2 amide bonds. The molecule has 3 N–H and O–H groups in total. The van der Waals surface area contributed by atoms with Gasteiger partial charge in [0, 0.05) is 43.1 Å². The van der Waals surface area contributed by atoms with E-state index < -0.39 is 0 Å². The van der Waals surface area contributed by atoms with Gasteiger partial charge in [-0.05, 0) is 62.1 Å². The molecule has 11 nitrogen and oxygen atoms in total. The van der Waals surface area contributed by atoms with Gasteiger partial charge in [0.25, 0.3) is 11.8 Å². The third-order valence-electron chi connectivity index (χ3n) is 6.27. The first-order chi connectivity index (χ1) is 21.6. The Morgan fingerprint density at radius 2 is 1.36 bits per heavy atom. The number of nitrogens with two attached hydrogens (primary N) is 1. The molecule has 0 radical (unpaired) electrons. The van der Waals surface area contributed by atoms with Gasteiger partial charge in [0.05, 0.1) is 52.9 Å². The molecule has 1 aliphatic rings. The van der Waals surface area contributed by atoms with Crippen LogP contribution in [0, 0.1) is 0 Å². The number of piperidine rings is 1. The van der Waals surface area contributed by atoms with Crippen LogP contribution in [0.1, 0.15) is 53.3 Å². The molecule has 2 aromatic rings. The Balaban J connectivity index is 0.00000156. The monoisotopic (exact) mass is 767 g/mol. The quantitative estimate of drug-likeness (QED) is 0.148. The Kier molecular flexibility index (Phi) is 26.7. The maximum absolute atomic E-state index is 12.8. The second kappa shape index (κ2) is 28.4. The number of anilines is 1. The molecular formula is C32H48CsN3O8S. The molecule has 1 saturated heterocycles. The molecule has 1 heterocycles. The summed E-state index contributed by atoms with van der Waals surface area (Å²) in [5.74, 6) is 0.303. The number of likely N-dealkylation sites (tertiary alicyclic amines) is 1. The van der Waals surface area contributed by atoms with E-state index in [0.29, 0.717) is 95.2 Å². The first kappa shape index (κ1) is 42.4.